The Balaban J connectivity index is 1.33. The Morgan fingerprint density at radius 3 is 3.15 bits per heavy atom. The topological polar surface area (TPSA) is 89.7 Å². The first-order chi connectivity index (χ1) is 13.2. The van der Waals surface area contributed by atoms with Crippen molar-refractivity contribution in [3.8, 4) is 5.88 Å². The zero-order chi connectivity index (χ0) is 18.4. The van der Waals surface area contributed by atoms with E-state index in [1.807, 2.05) is 0 Å². The summed E-state index contributed by atoms with van der Waals surface area (Å²) in [4.78, 5) is 23.2. The van der Waals surface area contributed by atoms with Crippen molar-refractivity contribution in [2.24, 2.45) is 11.8 Å². The zero-order valence-electron chi connectivity index (χ0n) is 15.1. The largest absolute Gasteiger partial charge is 0.478 e. The number of carbonyl (C=O) groups excluding carboxylic acids is 1. The summed E-state index contributed by atoms with van der Waals surface area (Å²) in [6.07, 6.45) is 8.59. The van der Waals surface area contributed by atoms with Gasteiger partial charge in [-0.3, -0.25) is 4.79 Å². The van der Waals surface area contributed by atoms with Gasteiger partial charge in [-0.05, 0) is 18.9 Å². The van der Waals surface area contributed by atoms with Gasteiger partial charge in [0.1, 0.15) is 6.26 Å². The summed E-state index contributed by atoms with van der Waals surface area (Å²) in [5.74, 6) is 1.84. The third-order valence-corrected chi connectivity index (χ3v) is 6.20. The predicted molar refractivity (Wildman–Crippen MR) is 95.7 cm³/mol. The molecule has 5 rings (SSSR count). The van der Waals surface area contributed by atoms with Gasteiger partial charge in [0.05, 0.1) is 30.6 Å². The van der Waals surface area contributed by atoms with E-state index in [1.54, 1.807) is 25.6 Å². The van der Waals surface area contributed by atoms with Gasteiger partial charge in [0.2, 0.25) is 0 Å². The monoisotopic (exact) mass is 370 g/mol. The van der Waals surface area contributed by atoms with Gasteiger partial charge in [0, 0.05) is 43.9 Å². The lowest BCUT2D eigenvalue weighted by molar-refractivity contribution is 0.0141. The highest BCUT2D eigenvalue weighted by Gasteiger charge is 2.63. The number of anilines is 1. The molecule has 27 heavy (non-hydrogen) atoms. The number of nitrogens with one attached hydrogen (secondary N) is 1. The van der Waals surface area contributed by atoms with E-state index in [0.717, 1.165) is 31.7 Å². The number of rotatable bonds is 5. The van der Waals surface area contributed by atoms with Crippen LogP contribution in [0.2, 0.25) is 0 Å². The standard InChI is InChI=1S/C19H22N4O4/c1-25-18-16(20-5-6-21-18)23-9-14-13(15-2-4-19(14,11-23)27-15)8-22-17(24)12-3-7-26-10-12/h3,5-7,10,13-15H,2,4,8-9,11H2,1H3,(H,22,24)/t13-,14+,15+,19+/m0/s1. The molecule has 1 spiro atoms. The molecule has 1 N–H and O–H groups in total. The van der Waals surface area contributed by atoms with Crippen LogP contribution in [0.3, 0.4) is 0 Å². The summed E-state index contributed by atoms with van der Waals surface area (Å²) in [6, 6.07) is 1.67. The number of hydrogen-bond donors (Lipinski definition) is 1. The van der Waals surface area contributed by atoms with Crippen molar-refractivity contribution in [2.75, 3.05) is 31.6 Å². The molecule has 0 unspecified atom stereocenters. The number of furan rings is 1. The molecule has 3 aliphatic rings. The van der Waals surface area contributed by atoms with Crippen molar-refractivity contribution in [1.82, 2.24) is 15.3 Å². The lowest BCUT2D eigenvalue weighted by atomic mass is 9.73. The second-order valence-corrected chi connectivity index (χ2v) is 7.52. The summed E-state index contributed by atoms with van der Waals surface area (Å²) < 4.78 is 16.8. The van der Waals surface area contributed by atoms with Gasteiger partial charge in [-0.25, -0.2) is 9.97 Å². The SMILES string of the molecule is COc1nccnc1N1C[C@@H]2[C@H](CNC(=O)c3ccoc3)[C@H]3CC[C@]2(C1)O3. The molecule has 5 heterocycles. The molecule has 3 aliphatic heterocycles. The summed E-state index contributed by atoms with van der Waals surface area (Å²) in [5.41, 5.74) is 0.393. The Bertz CT molecular complexity index is 842. The van der Waals surface area contributed by atoms with Crippen molar-refractivity contribution >= 4 is 11.7 Å². The first kappa shape index (κ1) is 16.6. The number of nitrogens with zero attached hydrogens (tertiary/aromatic N) is 3. The minimum absolute atomic E-state index is 0.106. The number of aromatic nitrogens is 2. The van der Waals surface area contributed by atoms with Crippen molar-refractivity contribution in [3.63, 3.8) is 0 Å². The van der Waals surface area contributed by atoms with Crippen molar-refractivity contribution in [2.45, 2.75) is 24.5 Å². The molecule has 142 valence electrons. The second kappa shape index (κ2) is 6.23. The molecule has 4 atom stereocenters. The fraction of sp³-hybridized carbons (Fsp3) is 0.526. The highest BCUT2D eigenvalue weighted by Crippen LogP contribution is 2.55. The van der Waals surface area contributed by atoms with E-state index in [4.69, 9.17) is 13.9 Å². The fourth-order valence-corrected chi connectivity index (χ4v) is 5.01. The van der Waals surface area contributed by atoms with E-state index in [2.05, 4.69) is 20.2 Å². The minimum Gasteiger partial charge on any atom is -0.478 e. The first-order valence-electron chi connectivity index (χ1n) is 9.28. The summed E-state index contributed by atoms with van der Waals surface area (Å²) in [7, 11) is 1.61. The first-order valence-corrected chi connectivity index (χ1v) is 9.28. The van der Waals surface area contributed by atoms with Crippen LogP contribution in [0.1, 0.15) is 23.2 Å². The maximum Gasteiger partial charge on any atom is 0.257 e. The third kappa shape index (κ3) is 2.58. The van der Waals surface area contributed by atoms with E-state index >= 15 is 0 Å². The number of hydrogen-bond acceptors (Lipinski definition) is 7. The minimum atomic E-state index is -0.155. The maximum absolute atomic E-state index is 12.3. The van der Waals surface area contributed by atoms with Crippen LogP contribution in [0.5, 0.6) is 5.88 Å². The number of fused-ring (bicyclic) bond motifs is 1. The molecule has 3 fully saturated rings. The number of carbonyl (C=O) groups is 1. The molecule has 0 aromatic carbocycles. The van der Waals surface area contributed by atoms with E-state index < -0.39 is 0 Å². The molecular weight excluding hydrogens is 348 g/mol. The molecule has 2 aromatic heterocycles. The van der Waals surface area contributed by atoms with Gasteiger partial charge in [0.15, 0.2) is 5.82 Å². The number of ether oxygens (including phenoxy) is 2. The van der Waals surface area contributed by atoms with Crippen LogP contribution in [-0.2, 0) is 4.74 Å². The molecule has 8 heteroatoms. The van der Waals surface area contributed by atoms with Gasteiger partial charge in [-0.2, -0.15) is 0 Å². The molecule has 2 bridgehead atoms. The lowest BCUT2D eigenvalue weighted by Gasteiger charge is -2.29. The molecule has 2 aromatic rings. The smallest absolute Gasteiger partial charge is 0.257 e. The molecule has 0 saturated carbocycles. The summed E-state index contributed by atoms with van der Waals surface area (Å²) in [5, 5.41) is 3.05. The summed E-state index contributed by atoms with van der Waals surface area (Å²) in [6.45, 7) is 2.22. The average molecular weight is 370 g/mol. The number of methoxy groups -OCH3 is 1. The Morgan fingerprint density at radius 2 is 2.33 bits per heavy atom. The zero-order valence-corrected chi connectivity index (χ0v) is 15.1. The quantitative estimate of drug-likeness (QED) is 0.853. The van der Waals surface area contributed by atoms with Crippen LogP contribution >= 0.6 is 0 Å². The normalized spacial score (nSPS) is 31.1. The van der Waals surface area contributed by atoms with Crippen LogP contribution in [0.15, 0.2) is 35.4 Å². The van der Waals surface area contributed by atoms with Crippen LogP contribution in [0, 0.1) is 11.8 Å². The Hall–Kier alpha value is -2.61. The van der Waals surface area contributed by atoms with Crippen LogP contribution < -0.4 is 15.0 Å². The van der Waals surface area contributed by atoms with Crippen molar-refractivity contribution in [1.29, 1.82) is 0 Å². The molecular formula is C19H22N4O4. The van der Waals surface area contributed by atoms with E-state index in [-0.39, 0.29) is 17.6 Å². The van der Waals surface area contributed by atoms with Gasteiger partial charge >= 0.3 is 0 Å². The van der Waals surface area contributed by atoms with Gasteiger partial charge < -0.3 is 24.1 Å². The third-order valence-electron chi connectivity index (χ3n) is 6.20. The van der Waals surface area contributed by atoms with Crippen LogP contribution in [0.25, 0.3) is 0 Å². The molecule has 8 nitrogen and oxygen atoms in total. The predicted octanol–water partition coefficient (Wildman–Crippen LogP) is 1.49. The summed E-state index contributed by atoms with van der Waals surface area (Å²) >= 11 is 0. The molecule has 0 aliphatic carbocycles. The number of amides is 1. The van der Waals surface area contributed by atoms with Gasteiger partial charge in [-0.15, -0.1) is 0 Å². The van der Waals surface area contributed by atoms with E-state index in [9.17, 15) is 4.79 Å². The highest BCUT2D eigenvalue weighted by atomic mass is 16.5. The Labute approximate surface area is 156 Å². The molecule has 3 saturated heterocycles. The van der Waals surface area contributed by atoms with E-state index in [0.29, 0.717) is 29.8 Å². The molecule has 1 amide bonds. The van der Waals surface area contributed by atoms with Crippen molar-refractivity contribution < 1.29 is 18.7 Å². The highest BCUT2D eigenvalue weighted by molar-refractivity contribution is 5.93. The average Bonchev–Trinajstić information content (AvgIpc) is 3.46. The lowest BCUT2D eigenvalue weighted by Crippen LogP contribution is -2.41. The Morgan fingerprint density at radius 1 is 1.44 bits per heavy atom. The fourth-order valence-electron chi connectivity index (χ4n) is 5.01. The van der Waals surface area contributed by atoms with Gasteiger partial charge in [-0.1, -0.05) is 0 Å². The van der Waals surface area contributed by atoms with Gasteiger partial charge in [0.25, 0.3) is 11.8 Å². The second-order valence-electron chi connectivity index (χ2n) is 7.52. The molecule has 0 radical (unpaired) electrons. The Kier molecular flexibility index (Phi) is 3.82. The van der Waals surface area contributed by atoms with Crippen molar-refractivity contribution in [3.05, 3.63) is 36.5 Å². The van der Waals surface area contributed by atoms with E-state index in [1.165, 1.54) is 12.5 Å². The maximum atomic E-state index is 12.3. The van der Waals surface area contributed by atoms with Crippen LogP contribution in [0.4, 0.5) is 5.82 Å². The van der Waals surface area contributed by atoms with Crippen LogP contribution in [-0.4, -0.2) is 54.3 Å².